The minimum absolute atomic E-state index is 0.167. The number of para-hydroxylation sites is 1. The number of hydrogen-bond donors (Lipinski definition) is 0. The fourth-order valence-corrected chi connectivity index (χ4v) is 3.97. The van der Waals surface area contributed by atoms with Crippen molar-refractivity contribution in [3.05, 3.63) is 57.9 Å². The maximum atomic E-state index is 13.0. The Labute approximate surface area is 178 Å². The van der Waals surface area contributed by atoms with Gasteiger partial charge in [-0.3, -0.25) is 0 Å². The van der Waals surface area contributed by atoms with Crippen molar-refractivity contribution >= 4 is 16.9 Å². The number of esters is 1. The third kappa shape index (κ3) is 3.24. The third-order valence-electron chi connectivity index (χ3n) is 5.25. The summed E-state index contributed by atoms with van der Waals surface area (Å²) in [6.45, 7) is 1.87. The van der Waals surface area contributed by atoms with Crippen molar-refractivity contribution in [1.29, 1.82) is 0 Å². The molecule has 4 rings (SSSR count). The van der Waals surface area contributed by atoms with Crippen molar-refractivity contribution in [1.82, 2.24) is 0 Å². The van der Waals surface area contributed by atoms with E-state index in [1.54, 1.807) is 43.3 Å². The van der Waals surface area contributed by atoms with Crippen LogP contribution in [0.3, 0.4) is 0 Å². The van der Waals surface area contributed by atoms with Crippen LogP contribution in [0.25, 0.3) is 11.0 Å². The molecule has 2 aromatic carbocycles. The van der Waals surface area contributed by atoms with Crippen LogP contribution in [-0.4, -0.2) is 40.0 Å². The highest BCUT2D eigenvalue weighted by Crippen LogP contribution is 2.50. The lowest BCUT2D eigenvalue weighted by molar-refractivity contribution is -0.151. The van der Waals surface area contributed by atoms with Crippen LogP contribution in [0.2, 0.25) is 0 Å². The lowest BCUT2D eigenvalue weighted by atomic mass is 9.87. The summed E-state index contributed by atoms with van der Waals surface area (Å²) >= 11 is 0. The molecule has 2 atom stereocenters. The van der Waals surface area contributed by atoms with Gasteiger partial charge < -0.3 is 28.1 Å². The summed E-state index contributed by atoms with van der Waals surface area (Å²) in [4.78, 5) is 25.9. The Kier molecular flexibility index (Phi) is 5.46. The third-order valence-corrected chi connectivity index (χ3v) is 5.25. The predicted molar refractivity (Wildman–Crippen MR) is 111 cm³/mol. The molecular weight excluding hydrogens is 404 g/mol. The van der Waals surface area contributed by atoms with Crippen molar-refractivity contribution in [2.24, 2.45) is 0 Å². The summed E-state index contributed by atoms with van der Waals surface area (Å²) in [5.41, 5.74) is 0.512. The first-order valence-electron chi connectivity index (χ1n) is 9.73. The van der Waals surface area contributed by atoms with Crippen LogP contribution in [0.4, 0.5) is 0 Å². The van der Waals surface area contributed by atoms with Gasteiger partial charge >= 0.3 is 11.6 Å². The van der Waals surface area contributed by atoms with Crippen molar-refractivity contribution in [3.63, 3.8) is 0 Å². The fraction of sp³-hybridized carbons (Fsp3) is 0.304. The Morgan fingerprint density at radius 3 is 2.42 bits per heavy atom. The Bertz CT molecular complexity index is 1200. The van der Waals surface area contributed by atoms with Crippen molar-refractivity contribution in [2.45, 2.75) is 18.9 Å². The number of rotatable bonds is 6. The predicted octanol–water partition coefficient (Wildman–Crippen LogP) is 3.27. The van der Waals surface area contributed by atoms with Gasteiger partial charge in [0.2, 0.25) is 11.9 Å². The van der Waals surface area contributed by atoms with Gasteiger partial charge in [-0.25, -0.2) is 9.59 Å². The number of carbonyl (C=O) groups excluding carboxylic acids is 1. The smallest absolute Gasteiger partial charge is 0.348 e. The lowest BCUT2D eigenvalue weighted by Crippen LogP contribution is -2.32. The average Bonchev–Trinajstić information content (AvgIpc) is 3.19. The summed E-state index contributed by atoms with van der Waals surface area (Å²) in [5.74, 6) is -0.0187. The molecule has 1 aliphatic heterocycles. The molecule has 0 unspecified atom stereocenters. The van der Waals surface area contributed by atoms with Gasteiger partial charge in [-0.2, -0.15) is 0 Å². The van der Waals surface area contributed by atoms with E-state index in [2.05, 4.69) is 0 Å². The normalized spacial score (nSPS) is 17.0. The van der Waals surface area contributed by atoms with Gasteiger partial charge in [-0.05, 0) is 25.1 Å². The molecular formula is C23H22O8. The number of fused-ring (bicyclic) bond motifs is 3. The Hall–Kier alpha value is -3.68. The molecule has 3 aromatic rings. The second-order valence-corrected chi connectivity index (χ2v) is 6.82. The van der Waals surface area contributed by atoms with Crippen LogP contribution in [0.1, 0.15) is 24.0 Å². The summed E-state index contributed by atoms with van der Waals surface area (Å²) in [6, 6.07) is 10.4. The van der Waals surface area contributed by atoms with Crippen LogP contribution in [0, 0.1) is 0 Å². The van der Waals surface area contributed by atoms with Crippen molar-refractivity contribution < 1.29 is 32.9 Å². The van der Waals surface area contributed by atoms with Crippen molar-refractivity contribution in [3.8, 4) is 23.0 Å². The minimum atomic E-state index is -1.10. The maximum Gasteiger partial charge on any atom is 0.348 e. The summed E-state index contributed by atoms with van der Waals surface area (Å²) in [6.07, 6.45) is -1.10. The molecule has 0 saturated heterocycles. The Morgan fingerprint density at radius 2 is 1.74 bits per heavy atom. The second-order valence-electron chi connectivity index (χ2n) is 6.82. The largest absolute Gasteiger partial charge is 0.493 e. The van der Waals surface area contributed by atoms with Gasteiger partial charge in [0.05, 0.1) is 44.8 Å². The molecule has 0 spiro atoms. The minimum Gasteiger partial charge on any atom is -0.493 e. The fourth-order valence-electron chi connectivity index (χ4n) is 3.97. The van der Waals surface area contributed by atoms with E-state index in [4.69, 9.17) is 28.1 Å². The molecule has 0 aliphatic carbocycles. The maximum absolute atomic E-state index is 13.0. The first-order chi connectivity index (χ1) is 15.0. The highest BCUT2D eigenvalue weighted by molar-refractivity contribution is 5.89. The summed E-state index contributed by atoms with van der Waals surface area (Å²) in [5, 5.41) is 0.591. The molecule has 31 heavy (non-hydrogen) atoms. The molecule has 0 bridgehead atoms. The van der Waals surface area contributed by atoms with Crippen LogP contribution in [0.15, 0.2) is 45.6 Å². The number of methoxy groups -OCH3 is 3. The number of carbonyl (C=O) groups is 1. The first kappa shape index (κ1) is 20.6. The topological polar surface area (TPSA) is 93.4 Å². The highest BCUT2D eigenvalue weighted by atomic mass is 16.6. The van der Waals surface area contributed by atoms with E-state index in [1.165, 1.54) is 21.3 Å². The van der Waals surface area contributed by atoms with E-state index in [-0.39, 0.29) is 12.2 Å². The molecule has 0 fully saturated rings. The molecule has 8 nitrogen and oxygen atoms in total. The SMILES string of the molecule is CCOC(=O)[C@@H]1Oc2c(c(=O)oc3ccccc23)[C@@H]1c1ccc(OC)c(OC)c1OC. The average molecular weight is 426 g/mol. The van der Waals surface area contributed by atoms with Crippen LogP contribution in [0.5, 0.6) is 23.0 Å². The van der Waals surface area contributed by atoms with Crippen molar-refractivity contribution in [2.75, 3.05) is 27.9 Å². The van der Waals surface area contributed by atoms with Crippen LogP contribution in [-0.2, 0) is 9.53 Å². The van der Waals surface area contributed by atoms with Gasteiger partial charge in [0, 0.05) is 5.56 Å². The Balaban J connectivity index is 2.01. The quantitative estimate of drug-likeness (QED) is 0.438. The number of benzene rings is 2. The Morgan fingerprint density at radius 1 is 1.00 bits per heavy atom. The molecule has 0 N–H and O–H groups in total. The van der Waals surface area contributed by atoms with Crippen LogP contribution < -0.4 is 24.6 Å². The lowest BCUT2D eigenvalue weighted by Gasteiger charge is -2.22. The molecule has 0 amide bonds. The molecule has 0 saturated carbocycles. The van der Waals surface area contributed by atoms with E-state index in [1.807, 2.05) is 0 Å². The van der Waals surface area contributed by atoms with E-state index in [9.17, 15) is 9.59 Å². The summed E-state index contributed by atoms with van der Waals surface area (Å²) < 4.78 is 33.3. The van der Waals surface area contributed by atoms with Crippen LogP contribution >= 0.6 is 0 Å². The molecule has 1 aromatic heterocycles. The van der Waals surface area contributed by atoms with Gasteiger partial charge in [-0.1, -0.05) is 18.2 Å². The monoisotopic (exact) mass is 426 g/mol. The zero-order chi connectivity index (χ0) is 22.1. The molecule has 0 radical (unpaired) electrons. The molecule has 8 heteroatoms. The standard InChI is InChI=1S/C23H22O8/c1-5-29-23(25)21-16(13-10-11-15(26-2)20(28-4)19(13)27-3)17-18(31-21)12-8-6-7-9-14(12)30-22(17)24/h6-11,16,21H,5H2,1-4H3/t16-,21+/m0/s1. The van der Waals surface area contributed by atoms with E-state index >= 15 is 0 Å². The van der Waals surface area contributed by atoms with Gasteiger partial charge in [0.25, 0.3) is 0 Å². The van der Waals surface area contributed by atoms with E-state index < -0.39 is 23.6 Å². The van der Waals surface area contributed by atoms with Gasteiger partial charge in [0.15, 0.2) is 11.5 Å². The number of hydrogen-bond acceptors (Lipinski definition) is 8. The molecule has 162 valence electrons. The molecule has 1 aliphatic rings. The summed E-state index contributed by atoms with van der Waals surface area (Å²) in [7, 11) is 4.46. The van der Waals surface area contributed by atoms with Gasteiger partial charge in [-0.15, -0.1) is 0 Å². The molecule has 2 heterocycles. The first-order valence-corrected chi connectivity index (χ1v) is 9.73. The highest BCUT2D eigenvalue weighted by Gasteiger charge is 2.46. The zero-order valence-electron chi connectivity index (χ0n) is 17.6. The van der Waals surface area contributed by atoms with Gasteiger partial charge in [0.1, 0.15) is 11.3 Å². The number of ether oxygens (including phenoxy) is 5. The van der Waals surface area contributed by atoms with E-state index in [0.29, 0.717) is 39.5 Å². The van der Waals surface area contributed by atoms with E-state index in [0.717, 1.165) is 0 Å². The zero-order valence-corrected chi connectivity index (χ0v) is 17.6. The second kappa shape index (κ2) is 8.22.